The van der Waals surface area contributed by atoms with Crippen molar-refractivity contribution in [2.75, 3.05) is 20.1 Å². The Morgan fingerprint density at radius 1 is 1.15 bits per heavy atom. The quantitative estimate of drug-likeness (QED) is 0.605. The van der Waals surface area contributed by atoms with Crippen LogP contribution in [0.2, 0.25) is 0 Å². The topological polar surface area (TPSA) is 15.3 Å². The van der Waals surface area contributed by atoms with E-state index < -0.39 is 0 Å². The van der Waals surface area contributed by atoms with Crippen LogP contribution in [-0.4, -0.2) is 36.1 Å². The summed E-state index contributed by atoms with van der Waals surface area (Å²) in [6.45, 7) is 2.55. The third-order valence-corrected chi connectivity index (χ3v) is 4.43. The first-order valence-electron chi connectivity index (χ1n) is 5.71. The molecule has 0 aromatic carbocycles. The van der Waals surface area contributed by atoms with Gasteiger partial charge in [0.25, 0.3) is 0 Å². The fourth-order valence-electron chi connectivity index (χ4n) is 3.46. The van der Waals surface area contributed by atoms with Gasteiger partial charge in [0.2, 0.25) is 0 Å². The summed E-state index contributed by atoms with van der Waals surface area (Å²) in [7, 11) is 2.32. The number of hydrogen-bond acceptors (Lipinski definition) is 2. The number of nitrogens with one attached hydrogen (secondary N) is 1. The molecule has 2 heterocycles. The Morgan fingerprint density at radius 2 is 2.00 bits per heavy atom. The van der Waals surface area contributed by atoms with Gasteiger partial charge in [-0.15, -0.1) is 0 Å². The average molecular weight is 180 g/mol. The molecule has 1 saturated carbocycles. The fraction of sp³-hybridized carbons (Fsp3) is 1.00. The summed E-state index contributed by atoms with van der Waals surface area (Å²) in [5.74, 6) is 0. The van der Waals surface area contributed by atoms with E-state index in [1.54, 1.807) is 0 Å². The molecule has 2 heteroatoms. The van der Waals surface area contributed by atoms with Gasteiger partial charge in [0.1, 0.15) is 0 Å². The number of hydrogen-bond donors (Lipinski definition) is 1. The molecule has 1 unspecified atom stereocenters. The Hall–Kier alpha value is -0.0800. The van der Waals surface area contributed by atoms with Crippen molar-refractivity contribution in [2.24, 2.45) is 0 Å². The Bertz CT molecular complexity index is 214. The maximum absolute atomic E-state index is 3.78. The van der Waals surface area contributed by atoms with Crippen LogP contribution < -0.4 is 5.32 Å². The molecule has 1 atom stereocenters. The van der Waals surface area contributed by atoms with Crippen molar-refractivity contribution < 1.29 is 0 Å². The molecule has 1 N–H and O–H groups in total. The lowest BCUT2D eigenvalue weighted by molar-refractivity contribution is 0.248. The van der Waals surface area contributed by atoms with Gasteiger partial charge in [-0.2, -0.15) is 0 Å². The Labute approximate surface area is 80.7 Å². The number of piperidine rings is 1. The second-order valence-electron chi connectivity index (χ2n) is 5.42. The molecule has 0 amide bonds. The van der Waals surface area contributed by atoms with Gasteiger partial charge in [-0.25, -0.2) is 0 Å². The van der Waals surface area contributed by atoms with Gasteiger partial charge in [0.05, 0.1) is 0 Å². The lowest BCUT2D eigenvalue weighted by Gasteiger charge is -2.34. The van der Waals surface area contributed by atoms with Gasteiger partial charge in [-0.3, -0.25) is 4.90 Å². The zero-order chi connectivity index (χ0) is 8.94. The van der Waals surface area contributed by atoms with Crippen molar-refractivity contribution in [3.8, 4) is 0 Å². The highest BCUT2D eigenvalue weighted by molar-refractivity contribution is 5.16. The number of nitrogens with zero attached hydrogens (tertiary/aromatic N) is 1. The number of likely N-dealkylation sites (tertiary alicyclic amines) is 1. The predicted octanol–water partition coefficient (Wildman–Crippen LogP) is 1.37. The van der Waals surface area contributed by atoms with Crippen LogP contribution >= 0.6 is 0 Å². The summed E-state index contributed by atoms with van der Waals surface area (Å²) in [4.78, 5) is 2.62. The van der Waals surface area contributed by atoms with Crippen molar-refractivity contribution in [3.63, 3.8) is 0 Å². The van der Waals surface area contributed by atoms with E-state index in [0.717, 1.165) is 0 Å². The van der Waals surface area contributed by atoms with E-state index in [2.05, 4.69) is 17.3 Å². The van der Waals surface area contributed by atoms with E-state index in [0.29, 0.717) is 11.1 Å². The van der Waals surface area contributed by atoms with Crippen molar-refractivity contribution in [1.82, 2.24) is 10.2 Å². The molecule has 2 saturated heterocycles. The van der Waals surface area contributed by atoms with Gasteiger partial charge < -0.3 is 5.32 Å². The molecule has 3 fully saturated rings. The van der Waals surface area contributed by atoms with Crippen LogP contribution in [0.25, 0.3) is 0 Å². The smallest absolute Gasteiger partial charge is 0.0326 e. The van der Waals surface area contributed by atoms with Crippen LogP contribution in [0.3, 0.4) is 0 Å². The van der Waals surface area contributed by atoms with E-state index >= 15 is 0 Å². The second kappa shape index (κ2) is 2.48. The highest BCUT2D eigenvalue weighted by Gasteiger charge is 2.57. The van der Waals surface area contributed by atoms with E-state index in [4.69, 9.17) is 0 Å². The van der Waals surface area contributed by atoms with E-state index in [-0.39, 0.29) is 0 Å². The molecule has 13 heavy (non-hydrogen) atoms. The number of rotatable bonds is 0. The predicted molar refractivity (Wildman–Crippen MR) is 53.8 cm³/mol. The Morgan fingerprint density at radius 3 is 2.54 bits per heavy atom. The van der Waals surface area contributed by atoms with Gasteiger partial charge in [0, 0.05) is 17.6 Å². The van der Waals surface area contributed by atoms with Crippen molar-refractivity contribution in [2.45, 2.75) is 49.6 Å². The van der Waals surface area contributed by atoms with Crippen LogP contribution in [0.1, 0.15) is 38.5 Å². The average Bonchev–Trinajstić information content (AvgIpc) is 2.81. The van der Waals surface area contributed by atoms with Crippen LogP contribution in [0.5, 0.6) is 0 Å². The first-order chi connectivity index (χ1) is 6.25. The SMILES string of the molecule is CN1CC2(CCCCN2)CC12CC2. The Balaban J connectivity index is 1.78. The molecule has 74 valence electrons. The molecular formula is C11H20N2. The van der Waals surface area contributed by atoms with E-state index in [1.807, 2.05) is 0 Å². The standard InChI is InChI=1S/C11H20N2/c1-13-9-10(4-2-3-7-12-10)8-11(13)5-6-11/h12H,2-9H2,1H3. The summed E-state index contributed by atoms with van der Waals surface area (Å²) >= 11 is 0. The lowest BCUT2D eigenvalue weighted by atomic mass is 9.86. The highest BCUT2D eigenvalue weighted by Crippen LogP contribution is 2.53. The van der Waals surface area contributed by atoms with Crippen molar-refractivity contribution in [1.29, 1.82) is 0 Å². The third kappa shape index (κ3) is 1.15. The minimum atomic E-state index is 0.517. The van der Waals surface area contributed by atoms with Crippen molar-refractivity contribution >= 4 is 0 Å². The molecular weight excluding hydrogens is 160 g/mol. The summed E-state index contributed by atoms with van der Waals surface area (Å²) in [6.07, 6.45) is 8.57. The van der Waals surface area contributed by atoms with Crippen LogP contribution in [0.15, 0.2) is 0 Å². The largest absolute Gasteiger partial charge is 0.310 e. The first kappa shape index (κ1) is 8.25. The summed E-state index contributed by atoms with van der Waals surface area (Å²) in [5, 5.41) is 3.78. The zero-order valence-corrected chi connectivity index (χ0v) is 8.60. The van der Waals surface area contributed by atoms with Gasteiger partial charge in [0.15, 0.2) is 0 Å². The molecule has 0 bridgehead atoms. The summed E-state index contributed by atoms with van der Waals surface area (Å²) in [5.41, 5.74) is 1.16. The maximum atomic E-state index is 3.78. The minimum absolute atomic E-state index is 0.517. The van der Waals surface area contributed by atoms with Gasteiger partial charge in [-0.05, 0) is 45.7 Å². The highest BCUT2D eigenvalue weighted by atomic mass is 15.3. The molecule has 3 aliphatic rings. The third-order valence-electron chi connectivity index (χ3n) is 4.43. The molecule has 2 nitrogen and oxygen atoms in total. The van der Waals surface area contributed by atoms with Gasteiger partial charge >= 0.3 is 0 Å². The Kier molecular flexibility index (Phi) is 1.58. The van der Waals surface area contributed by atoms with Crippen molar-refractivity contribution in [3.05, 3.63) is 0 Å². The molecule has 0 radical (unpaired) electrons. The van der Waals surface area contributed by atoms with Crippen LogP contribution in [0.4, 0.5) is 0 Å². The monoisotopic (exact) mass is 180 g/mol. The molecule has 1 aliphatic carbocycles. The van der Waals surface area contributed by atoms with Gasteiger partial charge in [-0.1, -0.05) is 6.42 Å². The zero-order valence-electron chi connectivity index (χ0n) is 8.60. The molecule has 2 spiro atoms. The van der Waals surface area contributed by atoms with Crippen LogP contribution in [0, 0.1) is 0 Å². The fourth-order valence-corrected chi connectivity index (χ4v) is 3.46. The van der Waals surface area contributed by atoms with E-state index in [9.17, 15) is 0 Å². The maximum Gasteiger partial charge on any atom is 0.0326 e. The normalized spacial score (nSPS) is 43.2. The summed E-state index contributed by atoms with van der Waals surface area (Å²) < 4.78 is 0. The molecule has 0 aromatic rings. The summed E-state index contributed by atoms with van der Waals surface area (Å²) in [6, 6.07) is 0. The lowest BCUT2D eigenvalue weighted by Crippen LogP contribution is -2.50. The van der Waals surface area contributed by atoms with E-state index in [1.165, 1.54) is 51.6 Å². The molecule has 3 rings (SSSR count). The second-order valence-corrected chi connectivity index (χ2v) is 5.42. The first-order valence-corrected chi connectivity index (χ1v) is 5.71. The van der Waals surface area contributed by atoms with Crippen LogP contribution in [-0.2, 0) is 0 Å². The molecule has 0 aromatic heterocycles. The minimum Gasteiger partial charge on any atom is -0.310 e. The molecule has 2 aliphatic heterocycles. The number of likely N-dealkylation sites (N-methyl/N-ethyl adjacent to an activating group) is 1.